The van der Waals surface area contributed by atoms with Gasteiger partial charge in [0, 0.05) is 26.2 Å². The Morgan fingerprint density at radius 3 is 2.75 bits per heavy atom. The predicted octanol–water partition coefficient (Wildman–Crippen LogP) is 3.40. The molecule has 24 heavy (non-hydrogen) atoms. The van der Waals surface area contributed by atoms with E-state index in [1.165, 1.54) is 6.92 Å². The van der Waals surface area contributed by atoms with E-state index in [1.54, 1.807) is 6.07 Å². The van der Waals surface area contributed by atoms with Gasteiger partial charge in [-0.05, 0) is 19.1 Å². The number of nitrogens with zero attached hydrogens (tertiary/aromatic N) is 2. The van der Waals surface area contributed by atoms with Crippen molar-refractivity contribution >= 4 is 63.2 Å². The number of ketones is 1. The molecule has 1 aromatic rings. The molecule has 0 aliphatic carbocycles. The summed E-state index contributed by atoms with van der Waals surface area (Å²) in [6.45, 7) is 4.78. The molecule has 0 N–H and O–H groups in total. The van der Waals surface area contributed by atoms with Crippen molar-refractivity contribution in [2.45, 2.75) is 17.4 Å². The van der Waals surface area contributed by atoms with Crippen LogP contribution in [0.5, 0.6) is 0 Å². The first-order chi connectivity index (χ1) is 11.4. The first kappa shape index (κ1) is 19.8. The lowest BCUT2D eigenvalue weighted by atomic mass is 10.2. The van der Waals surface area contributed by atoms with Crippen molar-refractivity contribution in [1.82, 2.24) is 4.90 Å². The zero-order valence-corrected chi connectivity index (χ0v) is 17.0. The number of halogens is 3. The fourth-order valence-corrected chi connectivity index (χ4v) is 3.96. The van der Waals surface area contributed by atoms with Gasteiger partial charge in [-0.3, -0.25) is 14.5 Å². The highest BCUT2D eigenvalue weighted by molar-refractivity contribution is 14.1. The third kappa shape index (κ3) is 5.47. The third-order valence-electron chi connectivity index (χ3n) is 3.73. The van der Waals surface area contributed by atoms with Crippen LogP contribution in [-0.2, 0) is 14.3 Å². The molecule has 132 valence electrons. The van der Waals surface area contributed by atoms with Crippen LogP contribution in [0.25, 0.3) is 0 Å². The smallest absolute Gasteiger partial charge is 0.313 e. The third-order valence-corrected chi connectivity index (χ3v) is 5.72. The van der Waals surface area contributed by atoms with Crippen molar-refractivity contribution in [3.8, 4) is 0 Å². The molecule has 1 unspecified atom stereocenters. The van der Waals surface area contributed by atoms with Gasteiger partial charge in [0.25, 0.3) is 0 Å². The maximum absolute atomic E-state index is 11.4. The summed E-state index contributed by atoms with van der Waals surface area (Å²) in [5, 5.41) is 1.13. The zero-order valence-electron chi connectivity index (χ0n) is 13.3. The second kappa shape index (κ2) is 9.22. The lowest BCUT2D eigenvalue weighted by Crippen LogP contribution is -2.51. The summed E-state index contributed by atoms with van der Waals surface area (Å²) in [5.74, 6) is -0.643. The molecule has 1 saturated heterocycles. The molecule has 1 fully saturated rings. The monoisotopic (exact) mass is 484 g/mol. The number of piperazine rings is 1. The Bertz CT molecular complexity index is 615. The lowest BCUT2D eigenvalue weighted by molar-refractivity contribution is -0.146. The van der Waals surface area contributed by atoms with Gasteiger partial charge < -0.3 is 9.64 Å². The van der Waals surface area contributed by atoms with E-state index in [2.05, 4.69) is 32.4 Å². The molecule has 5 nitrogen and oxygen atoms in total. The van der Waals surface area contributed by atoms with Gasteiger partial charge in [-0.1, -0.05) is 51.9 Å². The zero-order chi connectivity index (χ0) is 17.7. The number of hydrogen-bond acceptors (Lipinski definition) is 5. The minimum Gasteiger partial charge on any atom is -0.464 e. The van der Waals surface area contributed by atoms with Gasteiger partial charge >= 0.3 is 5.97 Å². The normalized spacial score (nSPS) is 18.5. The van der Waals surface area contributed by atoms with E-state index >= 15 is 0 Å². The Labute approximate surface area is 165 Å². The van der Waals surface area contributed by atoms with Crippen LogP contribution < -0.4 is 4.90 Å². The second-order valence-electron chi connectivity index (χ2n) is 5.59. The highest BCUT2D eigenvalue weighted by atomic mass is 127. The predicted molar refractivity (Wildman–Crippen MR) is 104 cm³/mol. The van der Waals surface area contributed by atoms with Crippen molar-refractivity contribution in [3.63, 3.8) is 0 Å². The fourth-order valence-electron chi connectivity index (χ4n) is 2.52. The molecule has 1 aliphatic rings. The number of carbonyl (C=O) groups is 2. The van der Waals surface area contributed by atoms with Crippen molar-refractivity contribution in [2.75, 3.05) is 37.7 Å². The van der Waals surface area contributed by atoms with E-state index in [1.807, 2.05) is 12.1 Å². The van der Waals surface area contributed by atoms with E-state index < -0.39 is 5.97 Å². The molecule has 0 amide bonds. The Balaban J connectivity index is 1.83. The van der Waals surface area contributed by atoms with Gasteiger partial charge in [-0.15, -0.1) is 0 Å². The van der Waals surface area contributed by atoms with E-state index in [-0.39, 0.29) is 16.3 Å². The van der Waals surface area contributed by atoms with Gasteiger partial charge in [0.2, 0.25) is 0 Å². The molecule has 0 spiro atoms. The molecular weight excluding hydrogens is 466 g/mol. The number of anilines is 1. The standard InChI is InChI=1S/C16H19Cl2IN2O3/c1-11(22)9-15(23)24-8-7-20-5-6-21(10-14(20)19)13-4-2-3-12(17)16(13)18/h2-4,14H,5-10H2,1H3. The Morgan fingerprint density at radius 1 is 1.33 bits per heavy atom. The molecule has 1 atom stereocenters. The summed E-state index contributed by atoms with van der Waals surface area (Å²) in [6, 6.07) is 5.64. The first-order valence-corrected chi connectivity index (χ1v) is 9.60. The van der Waals surface area contributed by atoms with E-state index in [9.17, 15) is 9.59 Å². The number of ether oxygens (including phenoxy) is 1. The summed E-state index contributed by atoms with van der Waals surface area (Å²) in [6.07, 6.45) is -0.158. The van der Waals surface area contributed by atoms with Crippen LogP contribution in [0, 0.1) is 0 Å². The number of rotatable bonds is 6. The SMILES string of the molecule is CC(=O)CC(=O)OCCN1CCN(c2cccc(Cl)c2Cl)CC1I. The molecule has 8 heteroatoms. The number of esters is 1. The molecule has 0 saturated carbocycles. The molecule has 1 aliphatic heterocycles. The fraction of sp³-hybridized carbons (Fsp3) is 0.500. The largest absolute Gasteiger partial charge is 0.464 e. The van der Waals surface area contributed by atoms with Crippen LogP contribution in [-0.4, -0.2) is 53.5 Å². The van der Waals surface area contributed by atoms with Gasteiger partial charge in [0.05, 0.1) is 19.8 Å². The van der Waals surface area contributed by atoms with Crippen molar-refractivity contribution in [3.05, 3.63) is 28.2 Å². The van der Waals surface area contributed by atoms with Crippen LogP contribution in [0.4, 0.5) is 5.69 Å². The summed E-state index contributed by atoms with van der Waals surface area (Å²) in [4.78, 5) is 26.7. The van der Waals surface area contributed by atoms with Crippen molar-refractivity contribution in [2.24, 2.45) is 0 Å². The minimum atomic E-state index is -0.461. The average Bonchev–Trinajstić information content (AvgIpc) is 2.51. The molecule has 0 aromatic heterocycles. The van der Waals surface area contributed by atoms with E-state index in [0.29, 0.717) is 23.2 Å². The number of benzene rings is 1. The summed E-state index contributed by atoms with van der Waals surface area (Å²) < 4.78 is 5.36. The molecule has 2 rings (SSSR count). The molecule has 1 aromatic carbocycles. The van der Waals surface area contributed by atoms with E-state index in [4.69, 9.17) is 27.9 Å². The van der Waals surface area contributed by atoms with Crippen LogP contribution in [0.1, 0.15) is 13.3 Å². The van der Waals surface area contributed by atoms with Gasteiger partial charge in [-0.2, -0.15) is 0 Å². The second-order valence-corrected chi connectivity index (χ2v) is 7.81. The lowest BCUT2D eigenvalue weighted by Gasteiger charge is -2.40. The molecule has 0 bridgehead atoms. The summed E-state index contributed by atoms with van der Waals surface area (Å²) in [7, 11) is 0. The van der Waals surface area contributed by atoms with Crippen molar-refractivity contribution < 1.29 is 14.3 Å². The Kier molecular flexibility index (Phi) is 7.59. The average molecular weight is 485 g/mol. The van der Waals surface area contributed by atoms with Crippen LogP contribution in [0.15, 0.2) is 18.2 Å². The number of Topliss-reactive ketones (excluding diaryl/α,β-unsaturated/α-hetero) is 1. The molecular formula is C16H19Cl2IN2O3. The van der Waals surface area contributed by atoms with Gasteiger partial charge in [-0.25, -0.2) is 0 Å². The Hall–Kier alpha value is -0.570. The summed E-state index contributed by atoms with van der Waals surface area (Å²) in [5.41, 5.74) is 0.943. The van der Waals surface area contributed by atoms with Gasteiger partial charge in [0.1, 0.15) is 18.8 Å². The Morgan fingerprint density at radius 2 is 2.08 bits per heavy atom. The minimum absolute atomic E-state index is 0.158. The van der Waals surface area contributed by atoms with Gasteiger partial charge in [0.15, 0.2) is 0 Å². The van der Waals surface area contributed by atoms with E-state index in [0.717, 1.165) is 25.3 Å². The molecule has 0 radical (unpaired) electrons. The maximum Gasteiger partial charge on any atom is 0.313 e. The van der Waals surface area contributed by atoms with Crippen LogP contribution in [0.2, 0.25) is 10.0 Å². The summed E-state index contributed by atoms with van der Waals surface area (Å²) >= 11 is 14.8. The topological polar surface area (TPSA) is 49.9 Å². The number of carbonyl (C=O) groups excluding carboxylic acids is 2. The highest BCUT2D eigenvalue weighted by Gasteiger charge is 2.26. The van der Waals surface area contributed by atoms with Crippen molar-refractivity contribution in [1.29, 1.82) is 0 Å². The quantitative estimate of drug-likeness (QED) is 0.203. The number of alkyl halides is 1. The first-order valence-electron chi connectivity index (χ1n) is 7.60. The number of hydrogen-bond donors (Lipinski definition) is 0. The van der Waals surface area contributed by atoms with Crippen LogP contribution in [0.3, 0.4) is 0 Å². The maximum atomic E-state index is 11.4. The van der Waals surface area contributed by atoms with Crippen LogP contribution >= 0.6 is 45.8 Å². The highest BCUT2D eigenvalue weighted by Crippen LogP contribution is 2.34. The molecule has 1 heterocycles.